The van der Waals surface area contributed by atoms with Crippen molar-refractivity contribution in [1.82, 2.24) is 5.32 Å². The first-order valence-corrected chi connectivity index (χ1v) is 6.73. The van der Waals surface area contributed by atoms with E-state index in [2.05, 4.69) is 48.3 Å². The van der Waals surface area contributed by atoms with Gasteiger partial charge < -0.3 is 10.2 Å². The second-order valence-corrected chi connectivity index (χ2v) is 5.89. The van der Waals surface area contributed by atoms with Crippen LogP contribution in [0.4, 0.5) is 5.69 Å². The maximum Gasteiger partial charge on any atom is 0.0398 e. The van der Waals surface area contributed by atoms with E-state index >= 15 is 0 Å². The summed E-state index contributed by atoms with van der Waals surface area (Å²) in [5.41, 5.74) is 3.40. The summed E-state index contributed by atoms with van der Waals surface area (Å²) in [5, 5.41) is 3.63. The van der Waals surface area contributed by atoms with Crippen LogP contribution in [0.1, 0.15) is 25.3 Å². The summed E-state index contributed by atoms with van der Waals surface area (Å²) in [6.07, 6.45) is 2.80. The van der Waals surface area contributed by atoms with Crippen LogP contribution in [0.5, 0.6) is 0 Å². The zero-order chi connectivity index (χ0) is 11.9. The second kappa shape index (κ2) is 4.02. The van der Waals surface area contributed by atoms with E-state index in [0.717, 1.165) is 6.54 Å². The van der Waals surface area contributed by atoms with Crippen LogP contribution >= 0.6 is 0 Å². The Morgan fingerprint density at radius 3 is 2.76 bits per heavy atom. The maximum atomic E-state index is 3.63. The highest BCUT2D eigenvalue weighted by molar-refractivity contribution is 5.54. The molecule has 1 aromatic rings. The Morgan fingerprint density at radius 2 is 2.06 bits per heavy atom. The molecule has 1 N–H and O–H groups in total. The van der Waals surface area contributed by atoms with E-state index in [1.807, 2.05) is 0 Å². The number of aryl methyl sites for hydroxylation is 1. The van der Waals surface area contributed by atoms with Crippen molar-refractivity contribution in [3.63, 3.8) is 0 Å². The molecule has 0 bridgehead atoms. The molecule has 2 fully saturated rings. The molecule has 2 nitrogen and oxygen atoms in total. The highest BCUT2D eigenvalue weighted by Crippen LogP contribution is 2.47. The van der Waals surface area contributed by atoms with Crippen molar-refractivity contribution in [2.24, 2.45) is 5.41 Å². The summed E-state index contributed by atoms with van der Waals surface area (Å²) in [7, 11) is 0. The summed E-state index contributed by atoms with van der Waals surface area (Å²) in [4.78, 5) is 2.61. The highest BCUT2D eigenvalue weighted by atomic mass is 15.2. The third-order valence-corrected chi connectivity index (χ3v) is 4.36. The highest BCUT2D eigenvalue weighted by Gasteiger charge is 2.45. The van der Waals surface area contributed by atoms with Crippen LogP contribution in [0, 0.1) is 12.3 Å². The maximum absolute atomic E-state index is 3.63. The predicted octanol–water partition coefficient (Wildman–Crippen LogP) is 2.57. The molecule has 1 saturated heterocycles. The molecule has 92 valence electrons. The fourth-order valence-corrected chi connectivity index (χ4v) is 2.95. The molecule has 1 heterocycles. The van der Waals surface area contributed by atoms with E-state index in [0.29, 0.717) is 11.5 Å². The summed E-state index contributed by atoms with van der Waals surface area (Å²) in [6.45, 7) is 8.10. The lowest BCUT2D eigenvalue weighted by Gasteiger charge is -2.32. The quantitative estimate of drug-likeness (QED) is 0.797. The summed E-state index contributed by atoms with van der Waals surface area (Å²) < 4.78 is 0. The molecule has 0 radical (unpaired) electrons. The SMILES string of the molecule is Cc1ccccc1N1CC2(CC2)CNCC1C. The molecule has 1 unspecified atom stereocenters. The Balaban J connectivity index is 1.91. The summed E-state index contributed by atoms with van der Waals surface area (Å²) >= 11 is 0. The number of nitrogens with one attached hydrogen (secondary N) is 1. The molecule has 1 spiro atoms. The van der Waals surface area contributed by atoms with Gasteiger partial charge in [0.1, 0.15) is 0 Å². The van der Waals surface area contributed by atoms with E-state index in [9.17, 15) is 0 Å². The van der Waals surface area contributed by atoms with Crippen molar-refractivity contribution in [2.75, 3.05) is 24.5 Å². The van der Waals surface area contributed by atoms with Gasteiger partial charge in [-0.05, 0) is 38.3 Å². The number of rotatable bonds is 1. The number of anilines is 1. The number of nitrogens with zero attached hydrogens (tertiary/aromatic N) is 1. The van der Waals surface area contributed by atoms with E-state index < -0.39 is 0 Å². The molecular weight excluding hydrogens is 208 g/mol. The predicted molar refractivity (Wildman–Crippen MR) is 72.5 cm³/mol. The van der Waals surface area contributed by atoms with Crippen LogP contribution in [-0.2, 0) is 0 Å². The van der Waals surface area contributed by atoms with Gasteiger partial charge in [0.25, 0.3) is 0 Å². The van der Waals surface area contributed by atoms with Gasteiger partial charge in [-0.1, -0.05) is 18.2 Å². The molecule has 1 saturated carbocycles. The first kappa shape index (κ1) is 11.1. The molecule has 2 heteroatoms. The largest absolute Gasteiger partial charge is 0.367 e. The molecule has 1 aliphatic heterocycles. The van der Waals surface area contributed by atoms with Crippen molar-refractivity contribution in [2.45, 2.75) is 32.7 Å². The van der Waals surface area contributed by atoms with Crippen molar-refractivity contribution in [1.29, 1.82) is 0 Å². The Morgan fingerprint density at radius 1 is 1.29 bits per heavy atom. The third kappa shape index (κ3) is 2.06. The summed E-state index contributed by atoms with van der Waals surface area (Å²) in [5.74, 6) is 0. The Bertz CT molecular complexity index is 409. The van der Waals surface area contributed by atoms with Crippen molar-refractivity contribution in [3.05, 3.63) is 29.8 Å². The van der Waals surface area contributed by atoms with Gasteiger partial charge in [-0.25, -0.2) is 0 Å². The molecule has 1 atom stereocenters. The van der Waals surface area contributed by atoms with Gasteiger partial charge in [-0.3, -0.25) is 0 Å². The van der Waals surface area contributed by atoms with Gasteiger partial charge >= 0.3 is 0 Å². The van der Waals surface area contributed by atoms with Crippen LogP contribution in [0.2, 0.25) is 0 Å². The van der Waals surface area contributed by atoms with Gasteiger partial charge in [0, 0.05) is 36.8 Å². The molecule has 1 aromatic carbocycles. The monoisotopic (exact) mass is 230 g/mol. The van der Waals surface area contributed by atoms with Crippen molar-refractivity contribution < 1.29 is 0 Å². The first-order chi connectivity index (χ1) is 8.20. The van der Waals surface area contributed by atoms with Gasteiger partial charge in [0.2, 0.25) is 0 Å². The fourth-order valence-electron chi connectivity index (χ4n) is 2.95. The van der Waals surface area contributed by atoms with Crippen molar-refractivity contribution in [3.8, 4) is 0 Å². The average molecular weight is 230 g/mol. The Kier molecular flexibility index (Phi) is 2.62. The second-order valence-electron chi connectivity index (χ2n) is 5.89. The molecule has 3 rings (SSSR count). The lowest BCUT2D eigenvalue weighted by Crippen LogP contribution is -2.38. The van der Waals surface area contributed by atoms with Gasteiger partial charge in [0.15, 0.2) is 0 Å². The van der Waals surface area contributed by atoms with Gasteiger partial charge in [0.05, 0.1) is 0 Å². The average Bonchev–Trinajstić information content (AvgIpc) is 3.09. The Labute approximate surface area is 104 Å². The number of hydrogen-bond donors (Lipinski definition) is 1. The van der Waals surface area contributed by atoms with Crippen LogP contribution < -0.4 is 10.2 Å². The topological polar surface area (TPSA) is 15.3 Å². The lowest BCUT2D eigenvalue weighted by molar-refractivity contribution is 0.500. The Hall–Kier alpha value is -1.02. The van der Waals surface area contributed by atoms with E-state index in [-0.39, 0.29) is 0 Å². The van der Waals surface area contributed by atoms with Crippen LogP contribution in [0.3, 0.4) is 0 Å². The molecule has 17 heavy (non-hydrogen) atoms. The van der Waals surface area contributed by atoms with E-state index in [4.69, 9.17) is 0 Å². The minimum absolute atomic E-state index is 0.576. The van der Waals surface area contributed by atoms with Crippen LogP contribution in [-0.4, -0.2) is 25.7 Å². The summed E-state index contributed by atoms with van der Waals surface area (Å²) in [6, 6.07) is 9.38. The standard InChI is InChI=1S/C15H22N2/c1-12-5-3-4-6-14(12)17-11-15(7-8-15)10-16-9-13(17)2/h3-6,13,16H,7-11H2,1-2H3. The van der Waals surface area contributed by atoms with Crippen LogP contribution in [0.25, 0.3) is 0 Å². The molecule has 0 amide bonds. The van der Waals surface area contributed by atoms with Gasteiger partial charge in [-0.15, -0.1) is 0 Å². The lowest BCUT2D eigenvalue weighted by atomic mass is 10.1. The smallest absolute Gasteiger partial charge is 0.0398 e. The minimum Gasteiger partial charge on any atom is -0.367 e. The van der Waals surface area contributed by atoms with E-state index in [1.54, 1.807) is 0 Å². The fraction of sp³-hybridized carbons (Fsp3) is 0.600. The first-order valence-electron chi connectivity index (χ1n) is 6.73. The molecule has 1 aliphatic carbocycles. The van der Waals surface area contributed by atoms with Gasteiger partial charge in [-0.2, -0.15) is 0 Å². The van der Waals surface area contributed by atoms with Crippen LogP contribution in [0.15, 0.2) is 24.3 Å². The molecular formula is C15H22N2. The zero-order valence-electron chi connectivity index (χ0n) is 10.9. The normalized spacial score (nSPS) is 26.9. The number of benzene rings is 1. The van der Waals surface area contributed by atoms with E-state index in [1.165, 1.54) is 37.2 Å². The third-order valence-electron chi connectivity index (χ3n) is 4.36. The minimum atomic E-state index is 0.576. The number of para-hydroxylation sites is 1. The molecule has 2 aliphatic rings. The molecule has 0 aromatic heterocycles. The van der Waals surface area contributed by atoms with Crippen molar-refractivity contribution >= 4 is 5.69 Å². The zero-order valence-corrected chi connectivity index (χ0v) is 10.9. The number of hydrogen-bond acceptors (Lipinski definition) is 2.